The minimum absolute atomic E-state index is 0. The predicted octanol–water partition coefficient (Wildman–Crippen LogP) is 2.78. The van der Waals surface area contributed by atoms with E-state index >= 15 is 0 Å². The Kier molecular flexibility index (Phi) is 9.49. The van der Waals surface area contributed by atoms with Crippen LogP contribution in [0.4, 0.5) is 4.79 Å². The Balaban J connectivity index is 0.00000300. The summed E-state index contributed by atoms with van der Waals surface area (Å²) in [5.74, 6) is 0.918. The molecule has 0 radical (unpaired) electrons. The minimum atomic E-state index is -0.225. The van der Waals surface area contributed by atoms with Gasteiger partial charge in [0.05, 0.1) is 24.0 Å². The van der Waals surface area contributed by atoms with Crippen molar-refractivity contribution in [1.29, 1.82) is 0 Å². The molecule has 1 fully saturated rings. The lowest BCUT2D eigenvalue weighted by Crippen LogP contribution is -2.53. The molecule has 3 rings (SSSR count). The number of hydrogen-bond acceptors (Lipinski definition) is 4. The smallest absolute Gasteiger partial charge is 0.409 e. The fraction of sp³-hybridized carbons (Fsp3) is 0.550. The number of rotatable bonds is 6. The predicted molar refractivity (Wildman–Crippen MR) is 126 cm³/mol. The number of fused-ring (bicyclic) bond motifs is 1. The molecule has 2 heterocycles. The number of halogens is 1. The van der Waals surface area contributed by atoms with Crippen LogP contribution in [0, 0.1) is 0 Å². The molecule has 1 aromatic carbocycles. The number of piperazine rings is 1. The number of aliphatic imine (C=N–C) groups is 1. The van der Waals surface area contributed by atoms with Crippen molar-refractivity contribution >= 4 is 47.1 Å². The zero-order valence-electron chi connectivity index (χ0n) is 17.2. The van der Waals surface area contributed by atoms with E-state index in [1.807, 2.05) is 31.5 Å². The van der Waals surface area contributed by atoms with Crippen LogP contribution in [-0.4, -0.2) is 77.3 Å². The zero-order valence-corrected chi connectivity index (χ0v) is 19.5. The molecule has 1 saturated heterocycles. The number of para-hydroxylation sites is 2. The van der Waals surface area contributed by atoms with Crippen LogP contribution < -0.4 is 5.32 Å². The molecule has 0 bridgehead atoms. The average molecular weight is 514 g/mol. The summed E-state index contributed by atoms with van der Waals surface area (Å²) in [5, 5.41) is 3.37. The summed E-state index contributed by atoms with van der Waals surface area (Å²) in [7, 11) is 0. The number of imidazole rings is 1. The van der Waals surface area contributed by atoms with Crippen molar-refractivity contribution in [3.05, 3.63) is 30.6 Å². The van der Waals surface area contributed by atoms with Gasteiger partial charge in [-0.05, 0) is 32.4 Å². The Morgan fingerprint density at radius 1 is 1.17 bits per heavy atom. The fourth-order valence-electron chi connectivity index (χ4n) is 3.36. The zero-order chi connectivity index (χ0) is 19.8. The second-order valence-corrected chi connectivity index (χ2v) is 6.69. The van der Waals surface area contributed by atoms with Gasteiger partial charge in [-0.25, -0.2) is 9.78 Å². The largest absolute Gasteiger partial charge is 0.450 e. The van der Waals surface area contributed by atoms with Gasteiger partial charge < -0.3 is 24.4 Å². The van der Waals surface area contributed by atoms with Gasteiger partial charge in [0.1, 0.15) is 0 Å². The first-order valence-electron chi connectivity index (χ1n) is 10.1. The highest BCUT2D eigenvalue weighted by Gasteiger charge is 2.23. The van der Waals surface area contributed by atoms with E-state index in [2.05, 4.69) is 32.8 Å². The van der Waals surface area contributed by atoms with Crippen molar-refractivity contribution in [3.63, 3.8) is 0 Å². The SMILES string of the molecule is CCNC(=NCCCn1cnc2ccccc21)N1CCN(C(=O)OCC)CC1.I. The monoisotopic (exact) mass is 514 g/mol. The molecule has 0 atom stereocenters. The molecule has 29 heavy (non-hydrogen) atoms. The van der Waals surface area contributed by atoms with Crippen molar-refractivity contribution in [3.8, 4) is 0 Å². The molecule has 9 heteroatoms. The third-order valence-electron chi connectivity index (χ3n) is 4.79. The van der Waals surface area contributed by atoms with E-state index in [-0.39, 0.29) is 30.1 Å². The molecule has 8 nitrogen and oxygen atoms in total. The second-order valence-electron chi connectivity index (χ2n) is 6.69. The number of guanidine groups is 1. The lowest BCUT2D eigenvalue weighted by Gasteiger charge is -2.35. The van der Waals surface area contributed by atoms with Crippen LogP contribution in [0.15, 0.2) is 35.6 Å². The molecular formula is C20H31IN6O2. The normalized spacial score (nSPS) is 14.6. The lowest BCUT2D eigenvalue weighted by atomic mass is 10.3. The fourth-order valence-corrected chi connectivity index (χ4v) is 3.36. The van der Waals surface area contributed by atoms with E-state index < -0.39 is 0 Å². The molecule has 1 aliphatic rings. The number of carbonyl (C=O) groups excluding carboxylic acids is 1. The average Bonchev–Trinajstić information content (AvgIpc) is 3.14. The van der Waals surface area contributed by atoms with Gasteiger partial charge in [-0.3, -0.25) is 4.99 Å². The van der Waals surface area contributed by atoms with Gasteiger partial charge >= 0.3 is 6.09 Å². The number of carbonyl (C=O) groups is 1. The van der Waals surface area contributed by atoms with E-state index in [9.17, 15) is 4.79 Å². The number of amides is 1. The first-order valence-corrected chi connectivity index (χ1v) is 10.1. The Labute approximate surface area is 189 Å². The number of aromatic nitrogens is 2. The van der Waals surface area contributed by atoms with E-state index in [0.717, 1.165) is 56.1 Å². The quantitative estimate of drug-likeness (QED) is 0.278. The maximum absolute atomic E-state index is 11.8. The van der Waals surface area contributed by atoms with Gasteiger partial charge in [-0.1, -0.05) is 12.1 Å². The van der Waals surface area contributed by atoms with E-state index in [1.165, 1.54) is 0 Å². The van der Waals surface area contributed by atoms with Gasteiger partial charge in [-0.2, -0.15) is 0 Å². The highest BCUT2D eigenvalue weighted by Crippen LogP contribution is 2.12. The first-order chi connectivity index (χ1) is 13.7. The maximum atomic E-state index is 11.8. The van der Waals surface area contributed by atoms with Gasteiger partial charge in [0, 0.05) is 45.8 Å². The van der Waals surface area contributed by atoms with E-state index in [4.69, 9.17) is 9.73 Å². The number of nitrogens with zero attached hydrogens (tertiary/aromatic N) is 5. The molecule has 0 aliphatic carbocycles. The van der Waals surface area contributed by atoms with Crippen molar-refractivity contribution in [2.75, 3.05) is 45.9 Å². The van der Waals surface area contributed by atoms with Crippen molar-refractivity contribution in [2.24, 2.45) is 4.99 Å². The molecule has 1 aromatic heterocycles. The number of hydrogen-bond donors (Lipinski definition) is 1. The summed E-state index contributed by atoms with van der Waals surface area (Å²) < 4.78 is 7.26. The van der Waals surface area contributed by atoms with Crippen LogP contribution in [0.3, 0.4) is 0 Å². The molecule has 160 valence electrons. The Hall–Kier alpha value is -2.04. The summed E-state index contributed by atoms with van der Waals surface area (Å²) in [6.07, 6.45) is 2.61. The first kappa shape index (κ1) is 23.2. The highest BCUT2D eigenvalue weighted by atomic mass is 127. The standard InChI is InChI=1S/C20H30N6O2.HI/c1-3-21-19(24-12-14-25(15-13-24)20(27)28-4-2)22-10-7-11-26-16-23-17-8-5-6-9-18(17)26;/h5-6,8-9,16H,3-4,7,10-15H2,1-2H3,(H,21,22);1H. The van der Waals surface area contributed by atoms with Gasteiger partial charge in [0.15, 0.2) is 5.96 Å². The number of ether oxygens (including phenoxy) is 1. The van der Waals surface area contributed by atoms with Crippen LogP contribution in [0.2, 0.25) is 0 Å². The third-order valence-corrected chi connectivity index (χ3v) is 4.79. The van der Waals surface area contributed by atoms with E-state index in [1.54, 1.807) is 4.90 Å². The molecule has 2 aromatic rings. The maximum Gasteiger partial charge on any atom is 0.409 e. The van der Waals surface area contributed by atoms with Crippen LogP contribution in [-0.2, 0) is 11.3 Å². The molecule has 1 aliphatic heterocycles. The summed E-state index contributed by atoms with van der Waals surface area (Å²) in [5.41, 5.74) is 2.19. The third kappa shape index (κ3) is 6.22. The number of nitrogens with one attached hydrogen (secondary N) is 1. The Morgan fingerprint density at radius 2 is 1.90 bits per heavy atom. The topological polar surface area (TPSA) is 75.0 Å². The van der Waals surface area contributed by atoms with Gasteiger partial charge in [-0.15, -0.1) is 24.0 Å². The molecule has 1 amide bonds. The van der Waals surface area contributed by atoms with Crippen LogP contribution in [0.1, 0.15) is 20.3 Å². The van der Waals surface area contributed by atoms with Crippen molar-refractivity contribution < 1.29 is 9.53 Å². The Bertz CT molecular complexity index is 801. The second kappa shape index (κ2) is 11.8. The van der Waals surface area contributed by atoms with E-state index in [0.29, 0.717) is 19.7 Å². The summed E-state index contributed by atoms with van der Waals surface area (Å²) in [4.78, 5) is 25.0. The summed E-state index contributed by atoms with van der Waals surface area (Å²) in [6.45, 7) is 9.60. The molecule has 0 unspecified atom stereocenters. The number of aryl methyl sites for hydroxylation is 1. The minimum Gasteiger partial charge on any atom is -0.450 e. The summed E-state index contributed by atoms with van der Waals surface area (Å²) in [6, 6.07) is 8.17. The highest BCUT2D eigenvalue weighted by molar-refractivity contribution is 14.0. The van der Waals surface area contributed by atoms with Gasteiger partial charge in [0.25, 0.3) is 0 Å². The van der Waals surface area contributed by atoms with Crippen LogP contribution in [0.5, 0.6) is 0 Å². The molecular weight excluding hydrogens is 483 g/mol. The molecule has 0 spiro atoms. The van der Waals surface area contributed by atoms with Crippen molar-refractivity contribution in [2.45, 2.75) is 26.8 Å². The van der Waals surface area contributed by atoms with Crippen molar-refractivity contribution in [1.82, 2.24) is 24.7 Å². The lowest BCUT2D eigenvalue weighted by molar-refractivity contribution is 0.0914. The van der Waals surface area contributed by atoms with Crippen LogP contribution in [0.25, 0.3) is 11.0 Å². The number of benzene rings is 1. The Morgan fingerprint density at radius 3 is 2.62 bits per heavy atom. The summed E-state index contributed by atoms with van der Waals surface area (Å²) >= 11 is 0. The van der Waals surface area contributed by atoms with Crippen LogP contribution >= 0.6 is 24.0 Å². The molecule has 0 saturated carbocycles. The molecule has 1 N–H and O–H groups in total. The van der Waals surface area contributed by atoms with Gasteiger partial charge in [0.2, 0.25) is 0 Å².